The third-order valence-corrected chi connectivity index (χ3v) is 0.382. The summed E-state index contributed by atoms with van der Waals surface area (Å²) in [5.41, 5.74) is 0. The van der Waals surface area contributed by atoms with Gasteiger partial charge in [0, 0.05) is 0 Å². The molecular formula is C2O2Pd. The molecule has 0 N–H and O–H groups in total. The van der Waals surface area contributed by atoms with Crippen molar-refractivity contribution < 1.29 is 26.7 Å². The molecule has 3 heteroatoms. The van der Waals surface area contributed by atoms with E-state index >= 15 is 0 Å². The summed E-state index contributed by atoms with van der Waals surface area (Å²) in [6.45, 7) is 0. The minimum absolute atomic E-state index is 0.567. The van der Waals surface area contributed by atoms with Gasteiger partial charge in [-0.1, -0.05) is 0 Å². The molecule has 30 valence electrons. The third kappa shape index (κ3) is 3.82. The van der Waals surface area contributed by atoms with Crippen LogP contribution in [0, 0.1) is 0 Å². The SMILES string of the molecule is O=[C]=[Pd]=[C]=O. The van der Waals surface area contributed by atoms with Crippen molar-refractivity contribution in [1.29, 1.82) is 0 Å². The number of hydrogen-bond donors (Lipinski definition) is 0. The Balaban J connectivity index is 4.38. The van der Waals surface area contributed by atoms with Crippen LogP contribution in [0.3, 0.4) is 0 Å². The molecule has 0 spiro atoms. The zero-order valence-corrected chi connectivity index (χ0v) is 3.69. The number of rotatable bonds is 0. The Morgan fingerprint density at radius 2 is 1.60 bits per heavy atom. The molecule has 2 nitrogen and oxygen atoms in total. The van der Waals surface area contributed by atoms with E-state index in [2.05, 4.69) is 0 Å². The fourth-order valence-corrected chi connectivity index (χ4v) is 0.0780. The van der Waals surface area contributed by atoms with Crippen molar-refractivity contribution in [3.8, 4) is 0 Å². The normalized spacial score (nSPS) is 5.60. The molecule has 0 rings (SSSR count). The van der Waals surface area contributed by atoms with Crippen molar-refractivity contribution in [2.75, 3.05) is 0 Å². The summed E-state index contributed by atoms with van der Waals surface area (Å²) in [5, 5.41) is 0. The predicted octanol–water partition coefficient (Wildman–Crippen LogP) is -0.797. The standard InChI is InChI=1S/2CO.Pd/c2*1-2;. The summed E-state index contributed by atoms with van der Waals surface area (Å²) < 4.78 is 2.79. The first-order valence-electron chi connectivity index (χ1n) is 0.724. The van der Waals surface area contributed by atoms with Gasteiger partial charge >= 0.3 is 35.4 Å². The van der Waals surface area contributed by atoms with E-state index < -0.39 is 17.1 Å². The Hall–Kier alpha value is -0.178. The number of hydrogen-bond acceptors (Lipinski definition) is 2. The van der Waals surface area contributed by atoms with Crippen molar-refractivity contribution in [2.24, 2.45) is 0 Å². The average Bonchev–Trinajstić information content (AvgIpc) is 1.41. The van der Waals surface area contributed by atoms with E-state index in [1.54, 1.807) is 0 Å². The second-order valence-electron chi connectivity index (χ2n) is 0.208. The molecule has 0 fully saturated rings. The second-order valence-corrected chi connectivity index (χ2v) is 1.23. The van der Waals surface area contributed by atoms with Gasteiger partial charge in [0.25, 0.3) is 0 Å². The van der Waals surface area contributed by atoms with Crippen LogP contribution in [-0.4, -0.2) is 8.70 Å². The fourth-order valence-electron chi connectivity index (χ4n) is 0.0132. The monoisotopic (exact) mass is 162 g/mol. The Morgan fingerprint density at radius 3 is 1.60 bits per heavy atom. The van der Waals surface area contributed by atoms with Crippen LogP contribution in [0.15, 0.2) is 0 Å². The van der Waals surface area contributed by atoms with Crippen LogP contribution < -0.4 is 0 Å². The van der Waals surface area contributed by atoms with Gasteiger partial charge in [0.2, 0.25) is 0 Å². The molecule has 0 bridgehead atoms. The van der Waals surface area contributed by atoms with Gasteiger partial charge in [-0.25, -0.2) is 0 Å². The average molecular weight is 162 g/mol. The van der Waals surface area contributed by atoms with Crippen molar-refractivity contribution in [3.63, 3.8) is 0 Å². The summed E-state index contributed by atoms with van der Waals surface area (Å²) >= 11 is -0.567. The zero-order chi connectivity index (χ0) is 4.12. The molecule has 0 amide bonds. The Kier molecular flexibility index (Phi) is 3.69. The summed E-state index contributed by atoms with van der Waals surface area (Å²) in [5.74, 6) is 0. The van der Waals surface area contributed by atoms with Crippen molar-refractivity contribution >= 4 is 8.70 Å². The van der Waals surface area contributed by atoms with Crippen LogP contribution in [0.1, 0.15) is 0 Å². The second kappa shape index (κ2) is 3.82. The molecule has 5 heavy (non-hydrogen) atoms. The Labute approximate surface area is 36.0 Å². The van der Waals surface area contributed by atoms with E-state index in [1.165, 1.54) is 8.70 Å². The first-order valence-corrected chi connectivity index (χ1v) is 2.28. The van der Waals surface area contributed by atoms with Crippen LogP contribution >= 0.6 is 0 Å². The molecule has 0 aliphatic rings. The molecule has 0 aliphatic heterocycles. The van der Waals surface area contributed by atoms with Gasteiger partial charge in [0.1, 0.15) is 0 Å². The van der Waals surface area contributed by atoms with Gasteiger partial charge in [0.05, 0.1) is 0 Å². The van der Waals surface area contributed by atoms with Crippen LogP contribution in [-0.2, 0) is 26.7 Å². The van der Waals surface area contributed by atoms with Crippen LogP contribution in [0.2, 0.25) is 0 Å². The molecule has 0 radical (unpaired) electrons. The molecule has 0 saturated carbocycles. The predicted molar refractivity (Wildman–Crippen MR) is 11.4 cm³/mol. The van der Waals surface area contributed by atoms with Gasteiger partial charge in [-0.3, -0.25) is 0 Å². The van der Waals surface area contributed by atoms with Crippen LogP contribution in [0.5, 0.6) is 0 Å². The van der Waals surface area contributed by atoms with E-state index in [-0.39, 0.29) is 0 Å². The van der Waals surface area contributed by atoms with Gasteiger partial charge in [-0.15, -0.1) is 0 Å². The quantitative estimate of drug-likeness (QED) is 0.437. The van der Waals surface area contributed by atoms with Crippen LogP contribution in [0.25, 0.3) is 0 Å². The van der Waals surface area contributed by atoms with Crippen molar-refractivity contribution in [2.45, 2.75) is 0 Å². The summed E-state index contributed by atoms with van der Waals surface area (Å²) in [7, 11) is 0. The minimum atomic E-state index is -0.567. The van der Waals surface area contributed by atoms with Crippen LogP contribution in [0.4, 0.5) is 0 Å². The fraction of sp³-hybridized carbons (Fsp3) is 0. The van der Waals surface area contributed by atoms with E-state index in [0.29, 0.717) is 0 Å². The van der Waals surface area contributed by atoms with Gasteiger partial charge in [0.15, 0.2) is 0 Å². The first-order chi connectivity index (χ1) is 2.41. The molecule has 0 aliphatic carbocycles. The molecule has 0 unspecified atom stereocenters. The van der Waals surface area contributed by atoms with Crippen molar-refractivity contribution in [1.82, 2.24) is 0 Å². The maximum absolute atomic E-state index is 9.04. The maximum atomic E-state index is 9.04. The first kappa shape index (κ1) is 4.82. The zero-order valence-electron chi connectivity index (χ0n) is 2.13. The van der Waals surface area contributed by atoms with E-state index in [0.717, 1.165) is 0 Å². The topological polar surface area (TPSA) is 34.1 Å². The van der Waals surface area contributed by atoms with Crippen molar-refractivity contribution in [3.05, 3.63) is 0 Å². The molecule has 0 heterocycles. The van der Waals surface area contributed by atoms with E-state index in [4.69, 9.17) is 9.59 Å². The molecule has 0 aromatic heterocycles. The molecule has 0 aromatic carbocycles. The van der Waals surface area contributed by atoms with Gasteiger partial charge in [-0.05, 0) is 0 Å². The summed E-state index contributed by atoms with van der Waals surface area (Å²) in [4.78, 5) is 18.1. The van der Waals surface area contributed by atoms with E-state index in [1.807, 2.05) is 0 Å². The summed E-state index contributed by atoms with van der Waals surface area (Å²) in [6.07, 6.45) is 0. The Bertz CT molecular complexity index is 99.6. The molecule has 0 aromatic rings. The van der Waals surface area contributed by atoms with Gasteiger partial charge in [-0.2, -0.15) is 0 Å². The molecule has 0 saturated heterocycles. The Morgan fingerprint density at radius 1 is 1.20 bits per heavy atom. The summed E-state index contributed by atoms with van der Waals surface area (Å²) in [6, 6.07) is 0. The molecular weight excluding hydrogens is 162 g/mol. The van der Waals surface area contributed by atoms with E-state index in [9.17, 15) is 0 Å². The molecule has 0 atom stereocenters. The number of carbonyl (C=O) groups excluding carboxylic acids is 2. The van der Waals surface area contributed by atoms with Gasteiger partial charge < -0.3 is 0 Å². The third-order valence-electron chi connectivity index (χ3n) is 0.0645.